The van der Waals surface area contributed by atoms with E-state index in [2.05, 4.69) is 15.0 Å². The molecule has 1 rings (SSSR count). The molecule has 3 nitrogen and oxygen atoms in total. The summed E-state index contributed by atoms with van der Waals surface area (Å²) in [5, 5.41) is 2.87. The summed E-state index contributed by atoms with van der Waals surface area (Å²) in [7, 11) is 1.72. The second-order valence-electron chi connectivity index (χ2n) is 3.28. The van der Waals surface area contributed by atoms with Crippen molar-refractivity contribution < 1.29 is 17.9 Å². The number of nitrogens with one attached hydrogen (secondary N) is 1. The van der Waals surface area contributed by atoms with Crippen molar-refractivity contribution in [2.75, 3.05) is 12.4 Å². The highest BCUT2D eigenvalue weighted by atomic mass is 19.4. The zero-order valence-electron chi connectivity index (χ0n) is 9.01. The Bertz CT molecular complexity index is 341. The van der Waals surface area contributed by atoms with Crippen molar-refractivity contribution in [3.63, 3.8) is 0 Å². The Morgan fingerprint density at radius 2 is 2.19 bits per heavy atom. The van der Waals surface area contributed by atoms with Crippen molar-refractivity contribution in [3.8, 4) is 0 Å². The fraction of sp³-hybridized carbons (Fsp3) is 0.500. The van der Waals surface area contributed by atoms with E-state index in [1.165, 1.54) is 6.20 Å². The predicted molar refractivity (Wildman–Crippen MR) is 54.1 cm³/mol. The minimum absolute atomic E-state index is 0.157. The molecule has 0 spiro atoms. The highest BCUT2D eigenvalue weighted by Crippen LogP contribution is 2.23. The second kappa shape index (κ2) is 5.16. The SMILES string of the molecule is CNc1ccnc(COC(C)C(F)(F)F)c1. The van der Waals surface area contributed by atoms with Crippen molar-refractivity contribution in [2.24, 2.45) is 0 Å². The van der Waals surface area contributed by atoms with Crippen LogP contribution in [0.2, 0.25) is 0 Å². The Labute approximate surface area is 91.6 Å². The van der Waals surface area contributed by atoms with Crippen LogP contribution in [0.1, 0.15) is 12.6 Å². The fourth-order valence-corrected chi connectivity index (χ4v) is 1.02. The number of aromatic nitrogens is 1. The first kappa shape index (κ1) is 12.8. The Hall–Kier alpha value is -1.30. The standard InChI is InChI=1S/C10H13F3N2O/c1-7(10(11,12)13)16-6-9-5-8(14-2)3-4-15-9/h3-5,7H,6H2,1-2H3,(H,14,15). The van der Waals surface area contributed by atoms with Gasteiger partial charge in [-0.2, -0.15) is 13.2 Å². The Balaban J connectivity index is 2.54. The number of anilines is 1. The number of alkyl halides is 3. The quantitative estimate of drug-likeness (QED) is 0.869. The minimum atomic E-state index is -4.33. The van der Waals surface area contributed by atoms with Crippen LogP contribution in [0, 0.1) is 0 Å². The third-order valence-corrected chi connectivity index (χ3v) is 2.05. The van der Waals surface area contributed by atoms with Crippen molar-refractivity contribution in [1.82, 2.24) is 4.98 Å². The summed E-state index contributed by atoms with van der Waals surface area (Å²) in [6.45, 7) is 0.818. The van der Waals surface area contributed by atoms with Gasteiger partial charge in [-0.25, -0.2) is 0 Å². The van der Waals surface area contributed by atoms with E-state index >= 15 is 0 Å². The highest BCUT2D eigenvalue weighted by molar-refractivity contribution is 5.42. The summed E-state index contributed by atoms with van der Waals surface area (Å²) in [5.41, 5.74) is 1.25. The molecule has 0 bridgehead atoms. The summed E-state index contributed by atoms with van der Waals surface area (Å²) in [5.74, 6) is 0. The summed E-state index contributed by atoms with van der Waals surface area (Å²) in [6.07, 6.45) is -4.60. The van der Waals surface area contributed by atoms with E-state index in [1.54, 1.807) is 19.2 Å². The molecular weight excluding hydrogens is 221 g/mol. The molecule has 6 heteroatoms. The summed E-state index contributed by atoms with van der Waals surface area (Å²) in [6, 6.07) is 3.36. The molecule has 1 unspecified atom stereocenters. The minimum Gasteiger partial charge on any atom is -0.388 e. The average molecular weight is 234 g/mol. The van der Waals surface area contributed by atoms with E-state index in [-0.39, 0.29) is 6.61 Å². The number of hydrogen-bond donors (Lipinski definition) is 1. The van der Waals surface area contributed by atoms with Crippen LogP contribution in [0.15, 0.2) is 18.3 Å². The smallest absolute Gasteiger partial charge is 0.388 e. The number of pyridine rings is 1. The van der Waals surface area contributed by atoms with Crippen LogP contribution < -0.4 is 5.32 Å². The molecule has 0 aliphatic carbocycles. The Morgan fingerprint density at radius 1 is 1.50 bits per heavy atom. The first-order chi connectivity index (χ1) is 7.43. The van der Waals surface area contributed by atoms with Crippen LogP contribution in [-0.4, -0.2) is 24.3 Å². The Morgan fingerprint density at radius 3 is 2.75 bits per heavy atom. The van der Waals surface area contributed by atoms with Gasteiger partial charge in [0.15, 0.2) is 6.10 Å². The zero-order chi connectivity index (χ0) is 12.2. The lowest BCUT2D eigenvalue weighted by Crippen LogP contribution is -2.28. The molecule has 1 aromatic heterocycles. The van der Waals surface area contributed by atoms with Crippen molar-refractivity contribution in [2.45, 2.75) is 25.8 Å². The van der Waals surface area contributed by atoms with Crippen LogP contribution >= 0.6 is 0 Å². The second-order valence-corrected chi connectivity index (χ2v) is 3.28. The van der Waals surface area contributed by atoms with Gasteiger partial charge in [0.25, 0.3) is 0 Å². The van der Waals surface area contributed by atoms with Gasteiger partial charge in [0.2, 0.25) is 0 Å². The normalized spacial score (nSPS) is 13.6. The van der Waals surface area contributed by atoms with Gasteiger partial charge in [0.1, 0.15) is 0 Å². The van der Waals surface area contributed by atoms with Gasteiger partial charge in [-0.1, -0.05) is 0 Å². The van der Waals surface area contributed by atoms with Gasteiger partial charge in [-0.05, 0) is 19.1 Å². The maximum absolute atomic E-state index is 12.1. The number of halogens is 3. The highest BCUT2D eigenvalue weighted by Gasteiger charge is 2.36. The van der Waals surface area contributed by atoms with E-state index in [4.69, 9.17) is 0 Å². The lowest BCUT2D eigenvalue weighted by molar-refractivity contribution is -0.217. The molecule has 0 radical (unpaired) electrons. The van der Waals surface area contributed by atoms with Crippen molar-refractivity contribution >= 4 is 5.69 Å². The molecule has 0 aromatic carbocycles. The summed E-state index contributed by atoms with van der Waals surface area (Å²) < 4.78 is 41.1. The summed E-state index contributed by atoms with van der Waals surface area (Å²) in [4.78, 5) is 3.91. The molecule has 0 aliphatic heterocycles. The molecular formula is C10H13F3N2O. The molecule has 1 aromatic rings. The Kier molecular flexibility index (Phi) is 4.12. The summed E-state index contributed by atoms with van der Waals surface area (Å²) >= 11 is 0. The third-order valence-electron chi connectivity index (χ3n) is 2.05. The van der Waals surface area contributed by atoms with Gasteiger partial charge >= 0.3 is 6.18 Å². The number of hydrogen-bond acceptors (Lipinski definition) is 3. The molecule has 0 fully saturated rings. The fourth-order valence-electron chi connectivity index (χ4n) is 1.02. The first-order valence-corrected chi connectivity index (χ1v) is 4.74. The van der Waals surface area contributed by atoms with Gasteiger partial charge in [-0.15, -0.1) is 0 Å². The molecule has 1 atom stereocenters. The van der Waals surface area contributed by atoms with Gasteiger partial charge in [0, 0.05) is 18.9 Å². The van der Waals surface area contributed by atoms with E-state index in [9.17, 15) is 13.2 Å². The number of rotatable bonds is 4. The van der Waals surface area contributed by atoms with Crippen molar-refractivity contribution in [3.05, 3.63) is 24.0 Å². The van der Waals surface area contributed by atoms with Crippen molar-refractivity contribution in [1.29, 1.82) is 0 Å². The maximum Gasteiger partial charge on any atom is 0.414 e. The van der Waals surface area contributed by atoms with Crippen LogP contribution in [0.4, 0.5) is 18.9 Å². The predicted octanol–water partition coefficient (Wildman–Crippen LogP) is 2.59. The van der Waals surface area contributed by atoms with Crippen LogP contribution in [0.25, 0.3) is 0 Å². The van der Waals surface area contributed by atoms with E-state index in [0.717, 1.165) is 12.6 Å². The molecule has 1 heterocycles. The zero-order valence-corrected chi connectivity index (χ0v) is 9.01. The molecule has 1 N–H and O–H groups in total. The molecule has 0 saturated carbocycles. The lowest BCUT2D eigenvalue weighted by atomic mass is 10.3. The molecule has 0 aliphatic rings. The van der Waals surface area contributed by atoms with Gasteiger partial charge in [0.05, 0.1) is 12.3 Å². The van der Waals surface area contributed by atoms with Crippen LogP contribution in [0.5, 0.6) is 0 Å². The number of ether oxygens (including phenoxy) is 1. The van der Waals surface area contributed by atoms with Gasteiger partial charge in [-0.3, -0.25) is 4.98 Å². The first-order valence-electron chi connectivity index (χ1n) is 4.74. The molecule has 0 saturated heterocycles. The third kappa shape index (κ3) is 3.69. The van der Waals surface area contributed by atoms with Crippen LogP contribution in [0.3, 0.4) is 0 Å². The molecule has 16 heavy (non-hydrogen) atoms. The van der Waals surface area contributed by atoms with E-state index < -0.39 is 12.3 Å². The lowest BCUT2D eigenvalue weighted by Gasteiger charge is -2.16. The average Bonchev–Trinajstić information content (AvgIpc) is 2.25. The maximum atomic E-state index is 12.1. The van der Waals surface area contributed by atoms with E-state index in [0.29, 0.717) is 5.69 Å². The van der Waals surface area contributed by atoms with Gasteiger partial charge < -0.3 is 10.1 Å². The molecule has 0 amide bonds. The number of nitrogens with zero attached hydrogens (tertiary/aromatic N) is 1. The van der Waals surface area contributed by atoms with E-state index in [1.807, 2.05) is 0 Å². The monoisotopic (exact) mass is 234 g/mol. The largest absolute Gasteiger partial charge is 0.414 e. The topological polar surface area (TPSA) is 34.2 Å². The molecule has 90 valence electrons. The van der Waals surface area contributed by atoms with Crippen LogP contribution in [-0.2, 0) is 11.3 Å².